The van der Waals surface area contributed by atoms with Gasteiger partial charge in [0.25, 0.3) is 0 Å². The van der Waals surface area contributed by atoms with Crippen molar-refractivity contribution in [2.45, 2.75) is 39.8 Å². The lowest BCUT2D eigenvalue weighted by Crippen LogP contribution is -2.14. The minimum absolute atomic E-state index is 0.153. The number of hydrogen-bond acceptors (Lipinski definition) is 2. The number of aryl methyl sites for hydroxylation is 1. The fourth-order valence-electron chi connectivity index (χ4n) is 2.25. The van der Waals surface area contributed by atoms with Gasteiger partial charge in [0.1, 0.15) is 11.6 Å². The number of aromatic nitrogens is 2. The third kappa shape index (κ3) is 3.67. The molecule has 1 aromatic heterocycles. The number of benzene rings is 1. The highest BCUT2D eigenvalue weighted by Crippen LogP contribution is 2.13. The highest BCUT2D eigenvalue weighted by atomic mass is 19.1. The topological polar surface area (TPSA) is 29.9 Å². The second-order valence-electron chi connectivity index (χ2n) is 4.93. The van der Waals surface area contributed by atoms with Gasteiger partial charge in [-0.05, 0) is 30.7 Å². The zero-order valence-corrected chi connectivity index (χ0v) is 12.2. The number of rotatable bonds is 7. The monoisotopic (exact) mass is 275 g/mol. The quantitative estimate of drug-likeness (QED) is 0.787. The number of halogens is 1. The molecule has 1 N–H and O–H groups in total. The first-order valence-corrected chi connectivity index (χ1v) is 7.22. The van der Waals surface area contributed by atoms with Gasteiger partial charge in [0.2, 0.25) is 0 Å². The van der Waals surface area contributed by atoms with Gasteiger partial charge in [0, 0.05) is 30.9 Å². The van der Waals surface area contributed by atoms with Crippen LogP contribution in [0.25, 0.3) is 0 Å². The highest BCUT2D eigenvalue weighted by molar-refractivity contribution is 5.25. The molecule has 0 aliphatic rings. The smallest absolute Gasteiger partial charge is 0.128 e. The van der Waals surface area contributed by atoms with E-state index in [-0.39, 0.29) is 5.82 Å². The molecule has 0 unspecified atom stereocenters. The van der Waals surface area contributed by atoms with Crippen LogP contribution in [-0.4, -0.2) is 16.1 Å². The summed E-state index contributed by atoms with van der Waals surface area (Å²) in [7, 11) is 0. The molecule has 0 saturated heterocycles. The molecule has 0 saturated carbocycles. The summed E-state index contributed by atoms with van der Waals surface area (Å²) in [5, 5.41) is 3.34. The summed E-state index contributed by atoms with van der Waals surface area (Å²) in [6, 6.07) is 5.34. The summed E-state index contributed by atoms with van der Waals surface area (Å²) in [6.07, 6.45) is 5.62. The van der Waals surface area contributed by atoms with E-state index in [4.69, 9.17) is 0 Å². The molecule has 1 heterocycles. The molecule has 0 aliphatic carbocycles. The van der Waals surface area contributed by atoms with Crippen LogP contribution in [0.15, 0.2) is 30.6 Å². The van der Waals surface area contributed by atoms with Gasteiger partial charge in [-0.1, -0.05) is 19.9 Å². The van der Waals surface area contributed by atoms with Gasteiger partial charge in [-0.3, -0.25) is 0 Å². The molecule has 0 atom stereocenters. The zero-order valence-electron chi connectivity index (χ0n) is 12.2. The standard InChI is InChI=1S/C16H22FN3/c1-3-7-18-11-13-5-6-15(17)14(10-13)12-20-9-8-19-16(20)4-2/h5-6,8-10,18H,3-4,7,11-12H2,1-2H3. The molecular formula is C16H22FN3. The molecule has 0 fully saturated rings. The Kier molecular flexibility index (Phi) is 5.30. The van der Waals surface area contributed by atoms with Crippen molar-refractivity contribution in [3.63, 3.8) is 0 Å². The predicted molar refractivity (Wildman–Crippen MR) is 79.1 cm³/mol. The van der Waals surface area contributed by atoms with Gasteiger partial charge in [-0.25, -0.2) is 9.37 Å². The number of imidazole rings is 1. The summed E-state index contributed by atoms with van der Waals surface area (Å²) in [5.41, 5.74) is 1.83. The Balaban J connectivity index is 2.12. The minimum Gasteiger partial charge on any atom is -0.330 e. The SMILES string of the molecule is CCCNCc1ccc(F)c(Cn2ccnc2CC)c1. The summed E-state index contributed by atoms with van der Waals surface area (Å²) < 4.78 is 15.9. The van der Waals surface area contributed by atoms with E-state index in [9.17, 15) is 4.39 Å². The summed E-state index contributed by atoms with van der Waals surface area (Å²) in [4.78, 5) is 4.27. The Hall–Kier alpha value is -1.68. The molecule has 3 nitrogen and oxygen atoms in total. The van der Waals surface area contributed by atoms with Crippen LogP contribution in [0.4, 0.5) is 4.39 Å². The maximum absolute atomic E-state index is 13.9. The van der Waals surface area contributed by atoms with E-state index < -0.39 is 0 Å². The molecule has 2 rings (SSSR count). The van der Waals surface area contributed by atoms with Crippen molar-refractivity contribution in [1.29, 1.82) is 0 Å². The normalized spacial score (nSPS) is 10.9. The summed E-state index contributed by atoms with van der Waals surface area (Å²) in [5.74, 6) is 0.832. The van der Waals surface area contributed by atoms with Crippen LogP contribution >= 0.6 is 0 Å². The Morgan fingerprint density at radius 2 is 2.15 bits per heavy atom. The Labute approximate surface area is 119 Å². The summed E-state index contributed by atoms with van der Waals surface area (Å²) in [6.45, 7) is 6.49. The fraction of sp³-hybridized carbons (Fsp3) is 0.438. The average molecular weight is 275 g/mol. The zero-order chi connectivity index (χ0) is 14.4. The third-order valence-corrected chi connectivity index (χ3v) is 3.32. The Morgan fingerprint density at radius 1 is 1.30 bits per heavy atom. The molecule has 2 aromatic rings. The van der Waals surface area contributed by atoms with Gasteiger partial charge in [0.15, 0.2) is 0 Å². The molecule has 4 heteroatoms. The van der Waals surface area contributed by atoms with Crippen molar-refractivity contribution in [2.24, 2.45) is 0 Å². The minimum atomic E-state index is -0.153. The maximum atomic E-state index is 13.9. The van der Waals surface area contributed by atoms with E-state index in [1.165, 1.54) is 0 Å². The van der Waals surface area contributed by atoms with Gasteiger partial charge < -0.3 is 9.88 Å². The molecule has 0 spiro atoms. The third-order valence-electron chi connectivity index (χ3n) is 3.32. The number of hydrogen-bond donors (Lipinski definition) is 1. The molecular weight excluding hydrogens is 253 g/mol. The van der Waals surface area contributed by atoms with Crippen molar-refractivity contribution in [3.05, 3.63) is 53.4 Å². The lowest BCUT2D eigenvalue weighted by Gasteiger charge is -2.10. The van der Waals surface area contributed by atoms with Crippen LogP contribution in [0.5, 0.6) is 0 Å². The van der Waals surface area contributed by atoms with Crippen LogP contribution in [-0.2, 0) is 19.5 Å². The number of nitrogens with one attached hydrogen (secondary N) is 1. The maximum Gasteiger partial charge on any atom is 0.128 e. The van der Waals surface area contributed by atoms with E-state index in [0.717, 1.165) is 37.3 Å². The lowest BCUT2D eigenvalue weighted by atomic mass is 10.1. The summed E-state index contributed by atoms with van der Waals surface area (Å²) >= 11 is 0. The first-order valence-electron chi connectivity index (χ1n) is 7.22. The first-order chi connectivity index (χ1) is 9.74. The Morgan fingerprint density at radius 3 is 2.90 bits per heavy atom. The van der Waals surface area contributed by atoms with Gasteiger partial charge in [-0.15, -0.1) is 0 Å². The lowest BCUT2D eigenvalue weighted by molar-refractivity contribution is 0.591. The first kappa shape index (κ1) is 14.7. The van der Waals surface area contributed by atoms with Crippen LogP contribution in [0.3, 0.4) is 0 Å². The molecule has 20 heavy (non-hydrogen) atoms. The van der Waals surface area contributed by atoms with Gasteiger partial charge in [0.05, 0.1) is 6.54 Å². The molecule has 108 valence electrons. The average Bonchev–Trinajstić information content (AvgIpc) is 2.90. The van der Waals surface area contributed by atoms with E-state index in [1.807, 2.05) is 22.9 Å². The molecule has 0 bridgehead atoms. The largest absolute Gasteiger partial charge is 0.330 e. The van der Waals surface area contributed by atoms with Crippen LogP contribution in [0, 0.1) is 5.82 Å². The molecule has 0 radical (unpaired) electrons. The number of nitrogens with zero attached hydrogens (tertiary/aromatic N) is 2. The van der Waals surface area contributed by atoms with Crippen molar-refractivity contribution in [2.75, 3.05) is 6.54 Å². The highest BCUT2D eigenvalue weighted by Gasteiger charge is 2.07. The van der Waals surface area contributed by atoms with Crippen LogP contribution in [0.2, 0.25) is 0 Å². The van der Waals surface area contributed by atoms with E-state index >= 15 is 0 Å². The van der Waals surface area contributed by atoms with Gasteiger partial charge >= 0.3 is 0 Å². The van der Waals surface area contributed by atoms with Crippen molar-refractivity contribution >= 4 is 0 Å². The molecule has 0 aliphatic heterocycles. The second kappa shape index (κ2) is 7.20. The predicted octanol–water partition coefficient (Wildman–Crippen LogP) is 3.13. The molecule has 0 amide bonds. The van der Waals surface area contributed by atoms with Crippen molar-refractivity contribution < 1.29 is 4.39 Å². The van der Waals surface area contributed by atoms with Crippen LogP contribution < -0.4 is 5.32 Å². The van der Waals surface area contributed by atoms with E-state index in [2.05, 4.69) is 24.1 Å². The van der Waals surface area contributed by atoms with Crippen LogP contribution in [0.1, 0.15) is 37.2 Å². The van der Waals surface area contributed by atoms with Gasteiger partial charge in [-0.2, -0.15) is 0 Å². The molecule has 1 aromatic carbocycles. The second-order valence-corrected chi connectivity index (χ2v) is 4.93. The van der Waals surface area contributed by atoms with E-state index in [1.54, 1.807) is 12.3 Å². The fourth-order valence-corrected chi connectivity index (χ4v) is 2.25. The Bertz CT molecular complexity index is 548. The van der Waals surface area contributed by atoms with E-state index in [0.29, 0.717) is 12.1 Å². The van der Waals surface area contributed by atoms with Crippen molar-refractivity contribution in [3.8, 4) is 0 Å². The van der Waals surface area contributed by atoms with Crippen molar-refractivity contribution in [1.82, 2.24) is 14.9 Å².